The first kappa shape index (κ1) is 18.6. The molecule has 0 saturated carbocycles. The van der Waals surface area contributed by atoms with Gasteiger partial charge in [0.25, 0.3) is 0 Å². The van der Waals surface area contributed by atoms with Crippen LogP contribution in [0.3, 0.4) is 0 Å². The summed E-state index contributed by atoms with van der Waals surface area (Å²) in [6.45, 7) is 7.16. The number of nitrogens with zero attached hydrogens (tertiary/aromatic N) is 1. The predicted octanol–water partition coefficient (Wildman–Crippen LogP) is 4.39. The molecule has 2 heterocycles. The van der Waals surface area contributed by atoms with Crippen LogP contribution >= 0.6 is 22.9 Å². The number of carbonyl (C=O) groups excluding carboxylic acids is 1. The van der Waals surface area contributed by atoms with Gasteiger partial charge in [-0.2, -0.15) is 0 Å². The zero-order valence-corrected chi connectivity index (χ0v) is 16.2. The van der Waals surface area contributed by atoms with Crippen molar-refractivity contribution in [2.24, 2.45) is 5.92 Å². The number of hydrogen-bond donors (Lipinski definition) is 1. The number of carbonyl (C=O) groups is 1. The Hall–Kier alpha value is -1.20. The van der Waals surface area contributed by atoms with Crippen LogP contribution in [0.25, 0.3) is 0 Å². The lowest BCUT2D eigenvalue weighted by atomic mass is 9.89. The number of piperidine rings is 1. The third kappa shape index (κ3) is 5.14. The Morgan fingerprint density at radius 2 is 1.96 bits per heavy atom. The van der Waals surface area contributed by atoms with Crippen LogP contribution < -0.4 is 5.32 Å². The fourth-order valence-corrected chi connectivity index (χ4v) is 4.29. The maximum absolute atomic E-state index is 12.6. The number of aryl methyl sites for hydroxylation is 1. The highest BCUT2D eigenvalue weighted by Gasteiger charge is 2.25. The third-order valence-electron chi connectivity index (χ3n) is 4.95. The highest BCUT2D eigenvalue weighted by molar-refractivity contribution is 7.10. The summed E-state index contributed by atoms with van der Waals surface area (Å²) in [6.07, 6.45) is 1.90. The molecule has 0 spiro atoms. The van der Waals surface area contributed by atoms with Gasteiger partial charge in [0.2, 0.25) is 0 Å². The number of likely N-dealkylation sites (tertiary alicyclic amines) is 1. The van der Waals surface area contributed by atoms with E-state index in [1.54, 1.807) is 12.1 Å². The number of ketones is 1. The molecule has 0 amide bonds. The summed E-state index contributed by atoms with van der Waals surface area (Å²) in [4.78, 5) is 16.5. The lowest BCUT2D eigenvalue weighted by Crippen LogP contribution is -2.39. The molecule has 0 unspecified atom stereocenters. The van der Waals surface area contributed by atoms with Crippen molar-refractivity contribution >= 4 is 28.7 Å². The van der Waals surface area contributed by atoms with Gasteiger partial charge in [-0.3, -0.25) is 4.79 Å². The van der Waals surface area contributed by atoms with Gasteiger partial charge in [0.15, 0.2) is 5.78 Å². The molecule has 0 radical (unpaired) electrons. The Morgan fingerprint density at radius 3 is 2.60 bits per heavy atom. The van der Waals surface area contributed by atoms with E-state index in [-0.39, 0.29) is 11.7 Å². The molecule has 1 aromatic carbocycles. The molecule has 134 valence electrons. The van der Waals surface area contributed by atoms with Crippen LogP contribution in [0.4, 0.5) is 0 Å². The minimum absolute atomic E-state index is 0.152. The van der Waals surface area contributed by atoms with Crippen LogP contribution in [0.15, 0.2) is 35.7 Å². The average Bonchev–Trinajstić information content (AvgIpc) is 3.04. The van der Waals surface area contributed by atoms with E-state index in [0.717, 1.165) is 51.1 Å². The summed E-state index contributed by atoms with van der Waals surface area (Å²) in [7, 11) is 0. The number of halogens is 1. The second kappa shape index (κ2) is 8.95. The van der Waals surface area contributed by atoms with Crippen LogP contribution in [0.1, 0.15) is 33.6 Å². The van der Waals surface area contributed by atoms with Crippen molar-refractivity contribution in [3.05, 3.63) is 56.7 Å². The van der Waals surface area contributed by atoms with Gasteiger partial charge in [-0.1, -0.05) is 11.6 Å². The first-order valence-corrected chi connectivity index (χ1v) is 10.1. The van der Waals surface area contributed by atoms with E-state index in [1.807, 2.05) is 23.5 Å². The predicted molar refractivity (Wildman–Crippen MR) is 106 cm³/mol. The van der Waals surface area contributed by atoms with Gasteiger partial charge in [-0.15, -0.1) is 11.3 Å². The van der Waals surface area contributed by atoms with Crippen molar-refractivity contribution < 1.29 is 4.79 Å². The van der Waals surface area contributed by atoms with Gasteiger partial charge in [0, 0.05) is 41.0 Å². The molecule has 1 saturated heterocycles. The maximum Gasteiger partial charge on any atom is 0.166 e. The quantitative estimate of drug-likeness (QED) is 0.574. The fraction of sp³-hybridized carbons (Fsp3) is 0.450. The Morgan fingerprint density at radius 1 is 1.24 bits per heavy atom. The van der Waals surface area contributed by atoms with Crippen molar-refractivity contribution in [2.75, 3.05) is 26.2 Å². The van der Waals surface area contributed by atoms with E-state index in [1.165, 1.54) is 10.4 Å². The van der Waals surface area contributed by atoms with Crippen LogP contribution in [-0.4, -0.2) is 36.9 Å². The second-order valence-electron chi connectivity index (χ2n) is 6.69. The van der Waals surface area contributed by atoms with E-state index in [9.17, 15) is 4.79 Å². The van der Waals surface area contributed by atoms with Crippen LogP contribution in [-0.2, 0) is 6.54 Å². The summed E-state index contributed by atoms with van der Waals surface area (Å²) >= 11 is 7.72. The number of Topliss-reactive ketones (excluding diaryl/α,β-unsaturated/α-hetero) is 1. The number of thiophene rings is 1. The third-order valence-corrected chi connectivity index (χ3v) is 6.22. The topological polar surface area (TPSA) is 32.3 Å². The summed E-state index contributed by atoms with van der Waals surface area (Å²) < 4.78 is 0. The smallest absolute Gasteiger partial charge is 0.166 e. The average molecular weight is 377 g/mol. The summed E-state index contributed by atoms with van der Waals surface area (Å²) in [5, 5.41) is 6.36. The monoisotopic (exact) mass is 376 g/mol. The SMILES string of the molecule is Cc1ccsc1CNCCN1CCC(C(=O)c2ccc(Cl)cc2)CC1. The van der Waals surface area contributed by atoms with Gasteiger partial charge >= 0.3 is 0 Å². The molecular weight excluding hydrogens is 352 g/mol. The summed E-state index contributed by atoms with van der Waals surface area (Å²) in [5.74, 6) is 0.418. The Bertz CT molecular complexity index is 690. The van der Waals surface area contributed by atoms with Crippen molar-refractivity contribution in [2.45, 2.75) is 26.3 Å². The first-order chi connectivity index (χ1) is 12.1. The lowest BCUT2D eigenvalue weighted by molar-refractivity contribution is 0.0841. The van der Waals surface area contributed by atoms with Crippen molar-refractivity contribution in [1.29, 1.82) is 0 Å². The Balaban J connectivity index is 1.37. The molecule has 1 aromatic heterocycles. The molecule has 3 rings (SSSR count). The molecule has 0 aliphatic carbocycles. The van der Waals surface area contributed by atoms with Gasteiger partial charge < -0.3 is 10.2 Å². The van der Waals surface area contributed by atoms with E-state index >= 15 is 0 Å². The zero-order chi connectivity index (χ0) is 17.6. The molecule has 2 aromatic rings. The molecule has 0 atom stereocenters. The number of rotatable bonds is 7. The minimum atomic E-state index is 0.152. The molecule has 1 N–H and O–H groups in total. The Kier molecular flexibility index (Phi) is 6.65. The van der Waals surface area contributed by atoms with E-state index in [0.29, 0.717) is 5.02 Å². The van der Waals surface area contributed by atoms with E-state index in [4.69, 9.17) is 11.6 Å². The van der Waals surface area contributed by atoms with E-state index in [2.05, 4.69) is 28.6 Å². The molecular formula is C20H25ClN2OS. The highest BCUT2D eigenvalue weighted by atomic mass is 35.5. The van der Waals surface area contributed by atoms with E-state index < -0.39 is 0 Å². The van der Waals surface area contributed by atoms with Gasteiger partial charge in [-0.25, -0.2) is 0 Å². The Labute approximate surface area is 159 Å². The fourth-order valence-electron chi connectivity index (χ4n) is 3.29. The second-order valence-corrected chi connectivity index (χ2v) is 8.13. The highest BCUT2D eigenvalue weighted by Crippen LogP contribution is 2.22. The van der Waals surface area contributed by atoms with Crippen molar-refractivity contribution in [1.82, 2.24) is 10.2 Å². The molecule has 0 bridgehead atoms. The maximum atomic E-state index is 12.6. The van der Waals surface area contributed by atoms with Crippen molar-refractivity contribution in [3.63, 3.8) is 0 Å². The summed E-state index contributed by atoms with van der Waals surface area (Å²) in [5.41, 5.74) is 2.16. The lowest BCUT2D eigenvalue weighted by Gasteiger charge is -2.31. The minimum Gasteiger partial charge on any atom is -0.311 e. The molecule has 5 heteroatoms. The first-order valence-electron chi connectivity index (χ1n) is 8.89. The van der Waals surface area contributed by atoms with Crippen LogP contribution in [0.5, 0.6) is 0 Å². The molecule has 1 fully saturated rings. The molecule has 3 nitrogen and oxygen atoms in total. The molecule has 25 heavy (non-hydrogen) atoms. The van der Waals surface area contributed by atoms with Gasteiger partial charge in [-0.05, 0) is 74.1 Å². The number of benzene rings is 1. The van der Waals surface area contributed by atoms with Crippen molar-refractivity contribution in [3.8, 4) is 0 Å². The summed E-state index contributed by atoms with van der Waals surface area (Å²) in [6, 6.07) is 9.45. The zero-order valence-electron chi connectivity index (χ0n) is 14.6. The number of hydrogen-bond acceptors (Lipinski definition) is 4. The normalized spacial score (nSPS) is 16.2. The van der Waals surface area contributed by atoms with Crippen LogP contribution in [0, 0.1) is 12.8 Å². The molecule has 1 aliphatic rings. The largest absolute Gasteiger partial charge is 0.311 e. The standard InChI is InChI=1S/C20H25ClN2OS/c1-15-8-13-25-19(15)14-22-9-12-23-10-6-17(7-11-23)20(24)16-2-4-18(21)5-3-16/h2-5,8,13,17,22H,6-7,9-12,14H2,1H3. The molecule has 1 aliphatic heterocycles. The van der Waals surface area contributed by atoms with Crippen LogP contribution in [0.2, 0.25) is 5.02 Å². The van der Waals surface area contributed by atoms with Gasteiger partial charge in [0.05, 0.1) is 0 Å². The van der Waals surface area contributed by atoms with Gasteiger partial charge in [0.1, 0.15) is 0 Å². The number of nitrogens with one attached hydrogen (secondary N) is 1.